The van der Waals surface area contributed by atoms with Gasteiger partial charge in [0.1, 0.15) is 5.82 Å². The maximum atomic E-state index is 13.5. The molecular formula is C12H9F3N2. The van der Waals surface area contributed by atoms with Crippen LogP contribution in [0.1, 0.15) is 5.56 Å². The van der Waals surface area contributed by atoms with Crippen molar-refractivity contribution in [2.24, 2.45) is 0 Å². The van der Waals surface area contributed by atoms with E-state index < -0.39 is 17.5 Å². The Morgan fingerprint density at radius 1 is 1.00 bits per heavy atom. The summed E-state index contributed by atoms with van der Waals surface area (Å²) in [7, 11) is 0. The molecule has 1 aromatic heterocycles. The molecule has 0 aliphatic carbocycles. The lowest BCUT2D eigenvalue weighted by molar-refractivity contribution is 0.496. The van der Waals surface area contributed by atoms with Crippen molar-refractivity contribution in [2.75, 3.05) is 5.73 Å². The molecule has 0 radical (unpaired) electrons. The van der Waals surface area contributed by atoms with Gasteiger partial charge in [-0.3, -0.25) is 4.98 Å². The van der Waals surface area contributed by atoms with Crippen LogP contribution in [0.3, 0.4) is 0 Å². The number of nitrogens with zero attached hydrogens (tertiary/aromatic N) is 1. The van der Waals surface area contributed by atoms with Crippen molar-refractivity contribution in [1.82, 2.24) is 4.98 Å². The summed E-state index contributed by atoms with van der Waals surface area (Å²) in [5.41, 5.74) is 6.69. The van der Waals surface area contributed by atoms with Crippen molar-refractivity contribution in [1.29, 1.82) is 0 Å². The minimum Gasteiger partial charge on any atom is -0.397 e. The van der Waals surface area contributed by atoms with Crippen LogP contribution in [0, 0.1) is 24.4 Å². The summed E-state index contributed by atoms with van der Waals surface area (Å²) in [4.78, 5) is 3.93. The number of benzene rings is 1. The smallest absolute Gasteiger partial charge is 0.161 e. The average molecular weight is 238 g/mol. The summed E-state index contributed by atoms with van der Waals surface area (Å²) >= 11 is 0. The number of aromatic nitrogens is 1. The van der Waals surface area contributed by atoms with Gasteiger partial charge in [-0.15, -0.1) is 0 Å². The van der Waals surface area contributed by atoms with Gasteiger partial charge in [-0.25, -0.2) is 13.2 Å². The SMILES string of the molecule is Cc1cc(N)cnc1-c1cc(F)c(F)cc1F. The predicted octanol–water partition coefficient (Wildman–Crippen LogP) is 3.06. The van der Waals surface area contributed by atoms with Gasteiger partial charge in [-0.2, -0.15) is 0 Å². The van der Waals surface area contributed by atoms with Gasteiger partial charge in [-0.1, -0.05) is 0 Å². The molecule has 0 atom stereocenters. The number of nitrogens with two attached hydrogens (primary N) is 1. The summed E-state index contributed by atoms with van der Waals surface area (Å²) in [6, 6.07) is 2.88. The van der Waals surface area contributed by atoms with Crippen LogP contribution in [0.25, 0.3) is 11.3 Å². The van der Waals surface area contributed by atoms with Crippen LogP contribution in [0.4, 0.5) is 18.9 Å². The molecule has 88 valence electrons. The maximum Gasteiger partial charge on any atom is 0.161 e. The van der Waals surface area contributed by atoms with Crippen molar-refractivity contribution in [2.45, 2.75) is 6.92 Å². The van der Waals surface area contributed by atoms with Gasteiger partial charge < -0.3 is 5.73 Å². The molecule has 0 spiro atoms. The van der Waals surface area contributed by atoms with E-state index in [4.69, 9.17) is 5.73 Å². The highest BCUT2D eigenvalue weighted by Gasteiger charge is 2.14. The third kappa shape index (κ3) is 2.08. The molecule has 0 unspecified atom stereocenters. The van der Waals surface area contributed by atoms with Crippen LogP contribution >= 0.6 is 0 Å². The second-order valence-electron chi connectivity index (χ2n) is 3.68. The van der Waals surface area contributed by atoms with Crippen molar-refractivity contribution in [3.05, 3.63) is 47.4 Å². The monoisotopic (exact) mass is 238 g/mol. The summed E-state index contributed by atoms with van der Waals surface area (Å²) in [5, 5.41) is 0. The minimum absolute atomic E-state index is 0.0820. The standard InChI is InChI=1S/C12H9F3N2/c1-6-2-7(16)5-17-12(6)8-3-10(14)11(15)4-9(8)13/h2-5H,16H2,1H3. The van der Waals surface area contributed by atoms with E-state index in [1.165, 1.54) is 6.20 Å². The highest BCUT2D eigenvalue weighted by atomic mass is 19.2. The second kappa shape index (κ2) is 4.08. The molecule has 0 amide bonds. The van der Waals surface area contributed by atoms with Gasteiger partial charge in [0.2, 0.25) is 0 Å². The zero-order chi connectivity index (χ0) is 12.6. The summed E-state index contributed by atoms with van der Waals surface area (Å²) in [6.45, 7) is 1.67. The van der Waals surface area contributed by atoms with Crippen LogP contribution in [0.2, 0.25) is 0 Å². The zero-order valence-electron chi connectivity index (χ0n) is 8.97. The molecule has 0 saturated heterocycles. The third-order valence-corrected chi connectivity index (χ3v) is 2.36. The van der Waals surface area contributed by atoms with Crippen molar-refractivity contribution in [3.8, 4) is 11.3 Å². The highest BCUT2D eigenvalue weighted by Crippen LogP contribution is 2.26. The molecule has 17 heavy (non-hydrogen) atoms. The van der Waals surface area contributed by atoms with Gasteiger partial charge in [-0.05, 0) is 24.6 Å². The Bertz CT molecular complexity index is 582. The normalized spacial score (nSPS) is 10.6. The number of pyridine rings is 1. The number of nitrogen functional groups attached to an aromatic ring is 1. The lowest BCUT2D eigenvalue weighted by Crippen LogP contribution is -1.97. The molecule has 1 heterocycles. The lowest BCUT2D eigenvalue weighted by Gasteiger charge is -2.07. The van der Waals surface area contributed by atoms with Crippen LogP contribution in [0.15, 0.2) is 24.4 Å². The van der Waals surface area contributed by atoms with Crippen LogP contribution in [-0.4, -0.2) is 4.98 Å². The first-order valence-electron chi connectivity index (χ1n) is 4.86. The molecule has 2 nitrogen and oxygen atoms in total. The summed E-state index contributed by atoms with van der Waals surface area (Å²) < 4.78 is 39.4. The number of rotatable bonds is 1. The van der Waals surface area contributed by atoms with Crippen LogP contribution < -0.4 is 5.73 Å². The van der Waals surface area contributed by atoms with Crippen molar-refractivity contribution < 1.29 is 13.2 Å². The molecule has 0 fully saturated rings. The fourth-order valence-corrected chi connectivity index (χ4v) is 1.58. The van der Waals surface area contributed by atoms with E-state index >= 15 is 0 Å². The molecule has 0 aliphatic heterocycles. The van der Waals surface area contributed by atoms with Crippen LogP contribution in [0.5, 0.6) is 0 Å². The molecule has 2 aromatic rings. The molecule has 2 N–H and O–H groups in total. The molecule has 2 rings (SSSR count). The number of anilines is 1. The van der Waals surface area contributed by atoms with E-state index in [-0.39, 0.29) is 11.3 Å². The molecule has 5 heteroatoms. The van der Waals surface area contributed by atoms with Crippen molar-refractivity contribution in [3.63, 3.8) is 0 Å². The van der Waals surface area contributed by atoms with E-state index in [1.807, 2.05) is 0 Å². The van der Waals surface area contributed by atoms with E-state index in [0.29, 0.717) is 17.3 Å². The third-order valence-electron chi connectivity index (χ3n) is 2.36. The van der Waals surface area contributed by atoms with Gasteiger partial charge in [0.25, 0.3) is 0 Å². The van der Waals surface area contributed by atoms with E-state index in [2.05, 4.69) is 4.98 Å². The first-order chi connectivity index (χ1) is 7.99. The molecular weight excluding hydrogens is 229 g/mol. The number of aryl methyl sites for hydroxylation is 1. The highest BCUT2D eigenvalue weighted by molar-refractivity contribution is 5.65. The Balaban J connectivity index is 2.64. The quantitative estimate of drug-likeness (QED) is 0.775. The summed E-state index contributed by atoms with van der Waals surface area (Å²) in [6.07, 6.45) is 1.34. The first kappa shape index (κ1) is 11.4. The van der Waals surface area contributed by atoms with Gasteiger partial charge in [0.05, 0.1) is 17.6 Å². The molecule has 1 aromatic carbocycles. The van der Waals surface area contributed by atoms with E-state index in [0.717, 1.165) is 6.07 Å². The predicted molar refractivity (Wildman–Crippen MR) is 58.7 cm³/mol. The number of halogens is 3. The molecule has 0 bridgehead atoms. The Labute approximate surface area is 95.9 Å². The number of hydrogen-bond acceptors (Lipinski definition) is 2. The van der Waals surface area contributed by atoms with E-state index in [1.54, 1.807) is 13.0 Å². The Morgan fingerprint density at radius 2 is 1.65 bits per heavy atom. The fraction of sp³-hybridized carbons (Fsp3) is 0.0833. The van der Waals surface area contributed by atoms with Crippen LogP contribution in [-0.2, 0) is 0 Å². The van der Waals surface area contributed by atoms with Crippen molar-refractivity contribution >= 4 is 5.69 Å². The Morgan fingerprint density at radius 3 is 2.29 bits per heavy atom. The zero-order valence-corrected chi connectivity index (χ0v) is 8.97. The largest absolute Gasteiger partial charge is 0.397 e. The maximum absolute atomic E-state index is 13.5. The van der Waals surface area contributed by atoms with Gasteiger partial charge >= 0.3 is 0 Å². The average Bonchev–Trinajstić information content (AvgIpc) is 2.24. The van der Waals surface area contributed by atoms with E-state index in [9.17, 15) is 13.2 Å². The summed E-state index contributed by atoms with van der Waals surface area (Å²) in [5.74, 6) is -3.19. The fourth-order valence-electron chi connectivity index (χ4n) is 1.58. The lowest BCUT2D eigenvalue weighted by atomic mass is 10.1. The topological polar surface area (TPSA) is 38.9 Å². The van der Waals surface area contributed by atoms with Gasteiger partial charge in [0.15, 0.2) is 11.6 Å². The number of hydrogen-bond donors (Lipinski definition) is 1. The molecule has 0 aliphatic rings. The molecule has 0 saturated carbocycles. The Kier molecular flexibility index (Phi) is 2.75. The minimum atomic E-state index is -1.22. The second-order valence-corrected chi connectivity index (χ2v) is 3.68. The first-order valence-corrected chi connectivity index (χ1v) is 4.86. The Hall–Kier alpha value is -2.04. The van der Waals surface area contributed by atoms with Gasteiger partial charge in [0, 0.05) is 11.6 Å².